The summed E-state index contributed by atoms with van der Waals surface area (Å²) < 4.78 is 12.8. The van der Waals surface area contributed by atoms with Crippen LogP contribution in [0.2, 0.25) is 5.02 Å². The minimum atomic E-state index is -0.273. The number of hydrogen-bond acceptors (Lipinski definition) is 1. The fourth-order valence-electron chi connectivity index (χ4n) is 1.90. The normalized spacial score (nSPS) is 10.3. The predicted octanol–water partition coefficient (Wildman–Crippen LogP) is 4.36. The van der Waals surface area contributed by atoms with E-state index < -0.39 is 0 Å². The molecule has 20 heavy (non-hydrogen) atoms. The Morgan fingerprint density at radius 2 is 1.90 bits per heavy atom. The minimum absolute atomic E-state index is 0.106. The van der Waals surface area contributed by atoms with Crippen LogP contribution in [0, 0.1) is 12.7 Å². The van der Waals surface area contributed by atoms with Gasteiger partial charge in [0.1, 0.15) is 5.82 Å². The molecule has 0 atom stereocenters. The van der Waals surface area contributed by atoms with Crippen LogP contribution in [0.4, 0.5) is 10.1 Å². The summed E-state index contributed by atoms with van der Waals surface area (Å²) in [6, 6.07) is 11.6. The largest absolute Gasteiger partial charge is 0.325 e. The standard InChI is InChI=1S/C16H15ClFNO/c1-11-3-2-4-14(17)16(11)19-15(20)10-7-12-5-8-13(18)9-6-12/h2-6,8-9H,7,10H2,1H3,(H,19,20). The highest BCUT2D eigenvalue weighted by Gasteiger charge is 2.08. The zero-order valence-electron chi connectivity index (χ0n) is 11.1. The molecule has 104 valence electrons. The second-order valence-corrected chi connectivity index (χ2v) is 5.01. The van der Waals surface area contributed by atoms with Gasteiger partial charge in [-0.2, -0.15) is 0 Å². The maximum atomic E-state index is 12.8. The van der Waals surface area contributed by atoms with Crippen molar-refractivity contribution >= 4 is 23.2 Å². The number of anilines is 1. The molecule has 0 heterocycles. The zero-order valence-corrected chi connectivity index (χ0v) is 11.9. The van der Waals surface area contributed by atoms with Crippen molar-refractivity contribution in [3.8, 4) is 0 Å². The van der Waals surface area contributed by atoms with E-state index in [4.69, 9.17) is 11.6 Å². The molecule has 1 N–H and O–H groups in total. The van der Waals surface area contributed by atoms with E-state index >= 15 is 0 Å². The van der Waals surface area contributed by atoms with Gasteiger partial charge in [-0.25, -0.2) is 4.39 Å². The van der Waals surface area contributed by atoms with Crippen molar-refractivity contribution < 1.29 is 9.18 Å². The number of benzene rings is 2. The number of nitrogens with one attached hydrogen (secondary N) is 1. The topological polar surface area (TPSA) is 29.1 Å². The Bertz CT molecular complexity index is 590. The number of rotatable bonds is 4. The van der Waals surface area contributed by atoms with Gasteiger partial charge in [0.05, 0.1) is 10.7 Å². The molecule has 4 heteroatoms. The highest BCUT2D eigenvalue weighted by Crippen LogP contribution is 2.25. The monoisotopic (exact) mass is 291 g/mol. The van der Waals surface area contributed by atoms with Crippen molar-refractivity contribution in [3.63, 3.8) is 0 Å². The molecule has 2 nitrogen and oxygen atoms in total. The number of para-hydroxylation sites is 1. The summed E-state index contributed by atoms with van der Waals surface area (Å²) in [5.41, 5.74) is 2.50. The van der Waals surface area contributed by atoms with Gasteiger partial charge in [0.2, 0.25) is 5.91 Å². The van der Waals surface area contributed by atoms with Crippen molar-refractivity contribution in [2.45, 2.75) is 19.8 Å². The van der Waals surface area contributed by atoms with E-state index in [1.807, 2.05) is 19.1 Å². The van der Waals surface area contributed by atoms with Gasteiger partial charge in [-0.15, -0.1) is 0 Å². The molecular formula is C16H15ClFNO. The van der Waals surface area contributed by atoms with Gasteiger partial charge >= 0.3 is 0 Å². The Kier molecular flexibility index (Phi) is 4.74. The molecule has 2 rings (SSSR count). The molecule has 0 aliphatic carbocycles. The highest BCUT2D eigenvalue weighted by molar-refractivity contribution is 6.33. The number of hydrogen-bond donors (Lipinski definition) is 1. The summed E-state index contributed by atoms with van der Waals surface area (Å²) in [5, 5.41) is 3.34. The molecule has 0 saturated carbocycles. The maximum absolute atomic E-state index is 12.8. The van der Waals surface area contributed by atoms with E-state index in [0.717, 1.165) is 11.1 Å². The van der Waals surface area contributed by atoms with Crippen molar-refractivity contribution in [1.82, 2.24) is 0 Å². The molecule has 0 unspecified atom stereocenters. The quantitative estimate of drug-likeness (QED) is 0.891. The number of amides is 1. The molecule has 0 bridgehead atoms. The molecule has 0 radical (unpaired) electrons. The van der Waals surface area contributed by atoms with Crippen LogP contribution in [0.3, 0.4) is 0 Å². The number of carbonyl (C=O) groups excluding carboxylic acids is 1. The summed E-state index contributed by atoms with van der Waals surface area (Å²) in [4.78, 5) is 11.9. The lowest BCUT2D eigenvalue weighted by Gasteiger charge is -2.10. The first kappa shape index (κ1) is 14.5. The SMILES string of the molecule is Cc1cccc(Cl)c1NC(=O)CCc1ccc(F)cc1. The number of carbonyl (C=O) groups is 1. The van der Waals surface area contributed by atoms with E-state index in [-0.39, 0.29) is 11.7 Å². The third kappa shape index (κ3) is 3.81. The Balaban J connectivity index is 1.94. The minimum Gasteiger partial charge on any atom is -0.325 e. The van der Waals surface area contributed by atoms with Crippen LogP contribution in [-0.4, -0.2) is 5.91 Å². The van der Waals surface area contributed by atoms with Gasteiger partial charge in [-0.3, -0.25) is 4.79 Å². The Labute approximate surface area is 122 Å². The van der Waals surface area contributed by atoms with Gasteiger partial charge in [-0.05, 0) is 42.7 Å². The lowest BCUT2D eigenvalue weighted by molar-refractivity contribution is -0.116. The van der Waals surface area contributed by atoms with Crippen LogP contribution in [0.25, 0.3) is 0 Å². The summed E-state index contributed by atoms with van der Waals surface area (Å²) in [6.07, 6.45) is 0.895. The van der Waals surface area contributed by atoms with Crippen molar-refractivity contribution in [2.24, 2.45) is 0 Å². The van der Waals surface area contributed by atoms with Crippen LogP contribution in [0.15, 0.2) is 42.5 Å². The molecule has 0 spiro atoms. The summed E-state index contributed by atoms with van der Waals surface area (Å²) in [7, 11) is 0. The maximum Gasteiger partial charge on any atom is 0.224 e. The first-order chi connectivity index (χ1) is 9.56. The Morgan fingerprint density at radius 3 is 2.55 bits per heavy atom. The van der Waals surface area contributed by atoms with E-state index in [1.165, 1.54) is 12.1 Å². The summed E-state index contributed by atoms with van der Waals surface area (Å²) >= 11 is 6.05. The molecular weight excluding hydrogens is 277 g/mol. The molecule has 1 amide bonds. The first-order valence-electron chi connectivity index (χ1n) is 6.35. The van der Waals surface area contributed by atoms with Crippen LogP contribution < -0.4 is 5.32 Å². The van der Waals surface area contributed by atoms with Gasteiger partial charge in [0.25, 0.3) is 0 Å². The first-order valence-corrected chi connectivity index (χ1v) is 6.73. The molecule has 0 aromatic heterocycles. The van der Waals surface area contributed by atoms with Crippen LogP contribution >= 0.6 is 11.6 Å². The van der Waals surface area contributed by atoms with Crippen LogP contribution in [0.1, 0.15) is 17.5 Å². The van der Waals surface area contributed by atoms with Gasteiger partial charge in [-0.1, -0.05) is 35.9 Å². The smallest absolute Gasteiger partial charge is 0.224 e. The predicted molar refractivity (Wildman–Crippen MR) is 79.5 cm³/mol. The molecule has 2 aromatic carbocycles. The van der Waals surface area contributed by atoms with Crippen molar-refractivity contribution in [1.29, 1.82) is 0 Å². The average Bonchev–Trinajstić information content (AvgIpc) is 2.42. The van der Waals surface area contributed by atoms with Crippen molar-refractivity contribution in [2.75, 3.05) is 5.32 Å². The fraction of sp³-hybridized carbons (Fsp3) is 0.188. The fourth-order valence-corrected chi connectivity index (χ4v) is 2.17. The average molecular weight is 292 g/mol. The van der Waals surface area contributed by atoms with E-state index in [0.29, 0.717) is 23.6 Å². The molecule has 2 aromatic rings. The van der Waals surface area contributed by atoms with Gasteiger partial charge in [0, 0.05) is 6.42 Å². The zero-order chi connectivity index (χ0) is 14.5. The molecule has 0 aliphatic rings. The third-order valence-electron chi connectivity index (χ3n) is 3.04. The molecule has 0 saturated heterocycles. The Hall–Kier alpha value is -1.87. The lowest BCUT2D eigenvalue weighted by atomic mass is 10.1. The highest BCUT2D eigenvalue weighted by atomic mass is 35.5. The lowest BCUT2D eigenvalue weighted by Crippen LogP contribution is -2.13. The van der Waals surface area contributed by atoms with E-state index in [9.17, 15) is 9.18 Å². The Morgan fingerprint density at radius 1 is 1.20 bits per heavy atom. The van der Waals surface area contributed by atoms with E-state index in [2.05, 4.69) is 5.32 Å². The third-order valence-corrected chi connectivity index (χ3v) is 3.36. The number of aryl methyl sites for hydroxylation is 2. The second-order valence-electron chi connectivity index (χ2n) is 4.61. The molecule has 0 fully saturated rings. The molecule has 0 aliphatic heterocycles. The summed E-state index contributed by atoms with van der Waals surface area (Å²) in [5.74, 6) is -0.379. The number of halogens is 2. The van der Waals surface area contributed by atoms with Crippen LogP contribution in [-0.2, 0) is 11.2 Å². The van der Waals surface area contributed by atoms with Crippen molar-refractivity contribution in [3.05, 3.63) is 64.4 Å². The van der Waals surface area contributed by atoms with Gasteiger partial charge in [0.15, 0.2) is 0 Å². The second kappa shape index (κ2) is 6.53. The summed E-state index contributed by atoms with van der Waals surface area (Å²) in [6.45, 7) is 1.89. The van der Waals surface area contributed by atoms with Gasteiger partial charge < -0.3 is 5.32 Å². The van der Waals surface area contributed by atoms with Crippen LogP contribution in [0.5, 0.6) is 0 Å². The van der Waals surface area contributed by atoms with E-state index in [1.54, 1.807) is 18.2 Å².